The standard InChI is InChI=1S/C17H20N2O3S/c1-4-22-17(21)14-11-13(3)23-16(14)18-15(20)7-10-19-8-5-12(2)6-9-19/h5-6,8-9,11H,4,7,10H2,1-3H3/p+1. The number of carbonyl (C=O) groups excluding carboxylic acids is 2. The minimum atomic E-state index is -0.403. The molecule has 1 N–H and O–H groups in total. The number of aryl methyl sites for hydroxylation is 3. The molecule has 0 atom stereocenters. The number of ether oxygens (including phenoxy) is 1. The Morgan fingerprint density at radius 2 is 1.96 bits per heavy atom. The van der Waals surface area contributed by atoms with Gasteiger partial charge < -0.3 is 10.1 Å². The van der Waals surface area contributed by atoms with Crippen LogP contribution >= 0.6 is 11.3 Å². The predicted octanol–water partition coefficient (Wildman–Crippen LogP) is 2.86. The summed E-state index contributed by atoms with van der Waals surface area (Å²) in [6.07, 6.45) is 4.23. The summed E-state index contributed by atoms with van der Waals surface area (Å²) in [5.41, 5.74) is 1.60. The molecule has 0 aliphatic carbocycles. The lowest BCUT2D eigenvalue weighted by Crippen LogP contribution is -2.34. The topological polar surface area (TPSA) is 59.3 Å². The molecule has 2 aromatic rings. The number of amides is 1. The first-order valence-corrected chi connectivity index (χ1v) is 8.34. The molecule has 23 heavy (non-hydrogen) atoms. The minimum Gasteiger partial charge on any atom is -0.462 e. The lowest BCUT2D eigenvalue weighted by atomic mass is 10.3. The van der Waals surface area contributed by atoms with E-state index in [1.54, 1.807) is 13.0 Å². The zero-order chi connectivity index (χ0) is 16.8. The molecule has 0 radical (unpaired) electrons. The van der Waals surface area contributed by atoms with Gasteiger partial charge in [-0.05, 0) is 32.4 Å². The van der Waals surface area contributed by atoms with Gasteiger partial charge in [-0.1, -0.05) is 0 Å². The molecule has 5 nitrogen and oxygen atoms in total. The van der Waals surface area contributed by atoms with E-state index < -0.39 is 5.97 Å². The van der Waals surface area contributed by atoms with Crippen molar-refractivity contribution >= 4 is 28.2 Å². The summed E-state index contributed by atoms with van der Waals surface area (Å²) in [6, 6.07) is 5.74. The quantitative estimate of drug-likeness (QED) is 0.653. The Kier molecular flexibility index (Phi) is 5.87. The minimum absolute atomic E-state index is 0.120. The van der Waals surface area contributed by atoms with Gasteiger partial charge >= 0.3 is 5.97 Å². The summed E-state index contributed by atoms with van der Waals surface area (Å²) >= 11 is 1.38. The average Bonchev–Trinajstić information content (AvgIpc) is 2.87. The molecule has 0 aromatic carbocycles. The molecule has 0 aliphatic rings. The Balaban J connectivity index is 1.97. The van der Waals surface area contributed by atoms with Gasteiger partial charge in [0.15, 0.2) is 18.9 Å². The van der Waals surface area contributed by atoms with Gasteiger partial charge in [-0.2, -0.15) is 0 Å². The SMILES string of the molecule is CCOC(=O)c1cc(C)sc1NC(=O)CC[n+]1ccc(C)cc1. The van der Waals surface area contributed by atoms with E-state index in [0.29, 0.717) is 30.1 Å². The maximum Gasteiger partial charge on any atom is 0.341 e. The first-order valence-electron chi connectivity index (χ1n) is 7.52. The normalized spacial score (nSPS) is 10.4. The molecule has 122 valence electrons. The number of rotatable bonds is 6. The van der Waals surface area contributed by atoms with E-state index in [-0.39, 0.29) is 5.91 Å². The summed E-state index contributed by atoms with van der Waals surface area (Å²) in [6.45, 7) is 6.57. The second-order valence-electron chi connectivity index (χ2n) is 5.23. The Morgan fingerprint density at radius 1 is 1.26 bits per heavy atom. The zero-order valence-electron chi connectivity index (χ0n) is 13.6. The van der Waals surface area contributed by atoms with Crippen LogP contribution < -0.4 is 9.88 Å². The van der Waals surface area contributed by atoms with Gasteiger partial charge in [0.05, 0.1) is 18.6 Å². The number of pyridine rings is 1. The fourth-order valence-electron chi connectivity index (χ4n) is 2.07. The monoisotopic (exact) mass is 333 g/mol. The van der Waals surface area contributed by atoms with Crippen LogP contribution in [0, 0.1) is 13.8 Å². The van der Waals surface area contributed by atoms with Crippen molar-refractivity contribution in [2.75, 3.05) is 11.9 Å². The van der Waals surface area contributed by atoms with E-state index in [9.17, 15) is 9.59 Å². The van der Waals surface area contributed by atoms with Crippen molar-refractivity contribution in [3.63, 3.8) is 0 Å². The van der Waals surface area contributed by atoms with Gasteiger partial charge in [0.2, 0.25) is 5.91 Å². The van der Waals surface area contributed by atoms with E-state index >= 15 is 0 Å². The first kappa shape index (κ1) is 17.1. The molecule has 0 fully saturated rings. The van der Waals surface area contributed by atoms with Gasteiger partial charge in [0.25, 0.3) is 0 Å². The Bertz CT molecular complexity index is 692. The molecule has 0 bridgehead atoms. The molecular formula is C17H21N2O3S+. The Hall–Kier alpha value is -2.21. The molecule has 0 unspecified atom stereocenters. The van der Waals surface area contributed by atoms with Gasteiger partial charge in [0.1, 0.15) is 5.00 Å². The van der Waals surface area contributed by atoms with Crippen molar-refractivity contribution < 1.29 is 18.9 Å². The lowest BCUT2D eigenvalue weighted by molar-refractivity contribution is -0.695. The summed E-state index contributed by atoms with van der Waals surface area (Å²) in [7, 11) is 0. The number of hydrogen-bond acceptors (Lipinski definition) is 4. The molecule has 0 aliphatic heterocycles. The fourth-order valence-corrected chi connectivity index (χ4v) is 2.98. The molecular weight excluding hydrogens is 312 g/mol. The number of carbonyl (C=O) groups is 2. The molecule has 2 rings (SSSR count). The lowest BCUT2D eigenvalue weighted by Gasteiger charge is -2.05. The fraction of sp³-hybridized carbons (Fsp3) is 0.353. The number of aromatic nitrogens is 1. The van der Waals surface area contributed by atoms with E-state index in [0.717, 1.165) is 4.88 Å². The highest BCUT2D eigenvalue weighted by Crippen LogP contribution is 2.28. The predicted molar refractivity (Wildman–Crippen MR) is 89.6 cm³/mol. The molecule has 1 amide bonds. The zero-order valence-corrected chi connectivity index (χ0v) is 14.4. The van der Waals surface area contributed by atoms with E-state index in [4.69, 9.17) is 4.74 Å². The summed E-state index contributed by atoms with van der Waals surface area (Å²) in [4.78, 5) is 25.0. The smallest absolute Gasteiger partial charge is 0.341 e. The van der Waals surface area contributed by atoms with Crippen molar-refractivity contribution in [2.45, 2.75) is 33.7 Å². The van der Waals surface area contributed by atoms with Gasteiger partial charge in [-0.25, -0.2) is 9.36 Å². The number of esters is 1. The third-order valence-corrected chi connectivity index (χ3v) is 4.22. The van der Waals surface area contributed by atoms with Crippen molar-refractivity contribution in [1.29, 1.82) is 0 Å². The summed E-state index contributed by atoms with van der Waals surface area (Å²) in [5.74, 6) is -0.523. The van der Waals surface area contributed by atoms with Crippen molar-refractivity contribution in [3.8, 4) is 0 Å². The van der Waals surface area contributed by atoms with Crippen LogP contribution in [0.2, 0.25) is 0 Å². The van der Waals surface area contributed by atoms with Crippen LogP contribution in [-0.4, -0.2) is 18.5 Å². The van der Waals surface area contributed by atoms with Crippen LogP contribution in [0.5, 0.6) is 0 Å². The van der Waals surface area contributed by atoms with Crippen LogP contribution in [0.15, 0.2) is 30.6 Å². The van der Waals surface area contributed by atoms with Crippen LogP contribution in [0.4, 0.5) is 5.00 Å². The highest BCUT2D eigenvalue weighted by atomic mass is 32.1. The van der Waals surface area contributed by atoms with E-state index in [2.05, 4.69) is 5.32 Å². The Labute approximate surface area is 139 Å². The number of anilines is 1. The van der Waals surface area contributed by atoms with Gasteiger partial charge in [0, 0.05) is 17.0 Å². The maximum absolute atomic E-state index is 12.1. The molecule has 0 saturated heterocycles. The van der Waals surface area contributed by atoms with Crippen LogP contribution in [0.1, 0.15) is 34.1 Å². The van der Waals surface area contributed by atoms with Gasteiger partial charge in [-0.3, -0.25) is 4.79 Å². The van der Waals surface area contributed by atoms with Gasteiger partial charge in [-0.15, -0.1) is 11.3 Å². The second kappa shape index (κ2) is 7.87. The maximum atomic E-state index is 12.1. The molecule has 6 heteroatoms. The number of hydrogen-bond donors (Lipinski definition) is 1. The number of nitrogens with one attached hydrogen (secondary N) is 1. The third-order valence-electron chi connectivity index (χ3n) is 3.26. The second-order valence-corrected chi connectivity index (χ2v) is 6.49. The van der Waals surface area contributed by atoms with Crippen LogP contribution in [-0.2, 0) is 16.1 Å². The van der Waals surface area contributed by atoms with E-state index in [1.807, 2.05) is 42.9 Å². The van der Waals surface area contributed by atoms with Crippen LogP contribution in [0.25, 0.3) is 0 Å². The first-order chi connectivity index (χ1) is 11.0. The number of thiophene rings is 1. The van der Waals surface area contributed by atoms with Crippen LogP contribution in [0.3, 0.4) is 0 Å². The highest BCUT2D eigenvalue weighted by molar-refractivity contribution is 7.16. The third kappa shape index (κ3) is 4.89. The average molecular weight is 333 g/mol. The summed E-state index contributed by atoms with van der Waals surface area (Å²) in [5, 5.41) is 3.37. The molecule has 0 saturated carbocycles. The van der Waals surface area contributed by atoms with E-state index in [1.165, 1.54) is 16.9 Å². The number of nitrogens with zero attached hydrogens (tertiary/aromatic N) is 1. The summed E-state index contributed by atoms with van der Waals surface area (Å²) < 4.78 is 6.97. The molecule has 2 heterocycles. The Morgan fingerprint density at radius 3 is 2.61 bits per heavy atom. The molecule has 0 spiro atoms. The highest BCUT2D eigenvalue weighted by Gasteiger charge is 2.18. The van der Waals surface area contributed by atoms with Crippen molar-refractivity contribution in [3.05, 3.63) is 46.6 Å². The molecule has 2 aromatic heterocycles. The van der Waals surface area contributed by atoms with Crippen molar-refractivity contribution in [1.82, 2.24) is 0 Å². The largest absolute Gasteiger partial charge is 0.462 e. The van der Waals surface area contributed by atoms with Crippen molar-refractivity contribution in [2.24, 2.45) is 0 Å².